The minimum absolute atomic E-state index is 0. The van der Waals surface area contributed by atoms with Crippen molar-refractivity contribution in [2.45, 2.75) is 64.5 Å². The van der Waals surface area contributed by atoms with E-state index in [2.05, 4.69) is 47.8 Å². The van der Waals surface area contributed by atoms with Crippen LogP contribution in [0.4, 0.5) is 0 Å². The molecule has 0 aromatic rings. The molecule has 3 rings (SSSR count). The average Bonchev–Trinajstić information content (AvgIpc) is 3.10. The highest BCUT2D eigenvalue weighted by Gasteiger charge is 2.54. The number of likely N-dealkylation sites (tertiary alicyclic amines) is 2. The van der Waals surface area contributed by atoms with Crippen LogP contribution < -0.4 is 5.32 Å². The maximum atomic E-state index is 5.66. The molecular weight excluding hydrogens is 427 g/mol. The fraction of sp³-hybridized carbons (Fsp3) is 0.947. The van der Waals surface area contributed by atoms with Crippen LogP contribution in [0.2, 0.25) is 0 Å². The van der Waals surface area contributed by atoms with Crippen molar-refractivity contribution in [3.63, 3.8) is 0 Å². The quantitative estimate of drug-likeness (QED) is 0.396. The zero-order chi connectivity index (χ0) is 17.4. The number of rotatable bonds is 3. The maximum absolute atomic E-state index is 5.66. The summed E-state index contributed by atoms with van der Waals surface area (Å²) < 4.78 is 5.66. The maximum Gasteiger partial charge on any atom is 0.194 e. The number of hydrogen-bond acceptors (Lipinski definition) is 3. The summed E-state index contributed by atoms with van der Waals surface area (Å²) >= 11 is 0. The van der Waals surface area contributed by atoms with E-state index in [4.69, 9.17) is 4.74 Å². The van der Waals surface area contributed by atoms with E-state index in [1.165, 1.54) is 25.9 Å². The number of nitrogens with zero attached hydrogens (tertiary/aromatic N) is 3. The number of nitrogens with one attached hydrogen (secondary N) is 1. The molecule has 0 unspecified atom stereocenters. The van der Waals surface area contributed by atoms with E-state index in [1.807, 2.05) is 7.05 Å². The Labute approximate surface area is 171 Å². The van der Waals surface area contributed by atoms with Gasteiger partial charge in [0.25, 0.3) is 0 Å². The van der Waals surface area contributed by atoms with Gasteiger partial charge in [-0.25, -0.2) is 0 Å². The molecule has 0 bridgehead atoms. The Morgan fingerprint density at radius 1 is 1.08 bits per heavy atom. The van der Waals surface area contributed by atoms with Crippen LogP contribution in [0.15, 0.2) is 4.99 Å². The summed E-state index contributed by atoms with van der Waals surface area (Å²) in [7, 11) is 1.91. The van der Waals surface area contributed by atoms with Crippen LogP contribution in [0, 0.1) is 5.41 Å². The predicted molar refractivity (Wildman–Crippen MR) is 115 cm³/mol. The molecule has 0 aromatic carbocycles. The number of hydrogen-bond donors (Lipinski definition) is 1. The summed E-state index contributed by atoms with van der Waals surface area (Å²) in [6, 6.07) is 0. The lowest BCUT2D eigenvalue weighted by Crippen LogP contribution is -2.73. The van der Waals surface area contributed by atoms with Crippen LogP contribution in [0.25, 0.3) is 0 Å². The topological polar surface area (TPSA) is 40.1 Å². The molecule has 3 fully saturated rings. The molecule has 0 amide bonds. The highest BCUT2D eigenvalue weighted by Crippen LogP contribution is 2.46. The van der Waals surface area contributed by atoms with E-state index >= 15 is 0 Å². The largest absolute Gasteiger partial charge is 0.381 e. The lowest BCUT2D eigenvalue weighted by molar-refractivity contribution is -0.0681. The van der Waals surface area contributed by atoms with E-state index in [-0.39, 0.29) is 35.1 Å². The van der Waals surface area contributed by atoms with Gasteiger partial charge in [0.1, 0.15) is 0 Å². The van der Waals surface area contributed by atoms with Gasteiger partial charge in [-0.05, 0) is 52.6 Å². The SMILES string of the molecule is CN=C(NCC1(N2CCCC2)CCOCC1)N1CC(C)(C)C1(C)C.I. The summed E-state index contributed by atoms with van der Waals surface area (Å²) in [4.78, 5) is 9.74. The molecule has 0 aromatic heterocycles. The standard InChI is InChI=1S/C19H36N4O.HI/c1-17(2)15-23(18(17,3)4)16(20-5)21-14-19(8-12-24-13-9-19)22-10-6-7-11-22;/h6-15H2,1-5H3,(H,20,21);1H. The van der Waals surface area contributed by atoms with Crippen LogP contribution in [0.5, 0.6) is 0 Å². The van der Waals surface area contributed by atoms with E-state index in [0.29, 0.717) is 5.41 Å². The smallest absolute Gasteiger partial charge is 0.194 e. The van der Waals surface area contributed by atoms with Crippen molar-refractivity contribution in [2.75, 3.05) is 46.4 Å². The lowest BCUT2D eigenvalue weighted by atomic mass is 9.65. The van der Waals surface area contributed by atoms with Gasteiger partial charge in [0, 0.05) is 49.8 Å². The highest BCUT2D eigenvalue weighted by atomic mass is 127. The molecule has 25 heavy (non-hydrogen) atoms. The number of aliphatic imine (C=N–C) groups is 1. The van der Waals surface area contributed by atoms with Crippen LogP contribution in [-0.2, 0) is 4.74 Å². The van der Waals surface area contributed by atoms with Gasteiger partial charge in [0.05, 0.1) is 0 Å². The first kappa shape index (κ1) is 21.2. The van der Waals surface area contributed by atoms with Crippen molar-refractivity contribution in [1.82, 2.24) is 15.1 Å². The van der Waals surface area contributed by atoms with Crippen molar-refractivity contribution in [2.24, 2.45) is 10.4 Å². The van der Waals surface area contributed by atoms with Gasteiger partial charge >= 0.3 is 0 Å². The van der Waals surface area contributed by atoms with E-state index < -0.39 is 0 Å². The Bertz CT molecular complexity index is 480. The predicted octanol–water partition coefficient (Wildman–Crippen LogP) is 2.95. The van der Waals surface area contributed by atoms with Crippen molar-refractivity contribution in [3.05, 3.63) is 0 Å². The van der Waals surface area contributed by atoms with Gasteiger partial charge in [0.2, 0.25) is 0 Å². The summed E-state index contributed by atoms with van der Waals surface area (Å²) in [5.74, 6) is 1.06. The second-order valence-corrected chi connectivity index (χ2v) is 8.96. The zero-order valence-corrected chi connectivity index (χ0v) is 19.1. The van der Waals surface area contributed by atoms with Crippen LogP contribution in [0.3, 0.4) is 0 Å². The van der Waals surface area contributed by atoms with Crippen molar-refractivity contribution in [3.8, 4) is 0 Å². The van der Waals surface area contributed by atoms with Gasteiger partial charge in [-0.1, -0.05) is 13.8 Å². The average molecular weight is 464 g/mol. The number of guanidine groups is 1. The second kappa shape index (κ2) is 7.89. The third-order valence-electron chi connectivity index (χ3n) is 7.13. The van der Waals surface area contributed by atoms with Gasteiger partial charge < -0.3 is 15.0 Å². The summed E-state index contributed by atoms with van der Waals surface area (Å²) in [5.41, 5.74) is 0.719. The molecule has 146 valence electrons. The normalized spacial score (nSPS) is 28.2. The molecule has 3 aliphatic heterocycles. The fourth-order valence-corrected chi connectivity index (χ4v) is 4.49. The Hall–Kier alpha value is -0.0800. The Balaban J connectivity index is 0.00000225. The first-order valence-electron chi connectivity index (χ1n) is 9.64. The summed E-state index contributed by atoms with van der Waals surface area (Å²) in [5, 5.41) is 3.73. The van der Waals surface area contributed by atoms with E-state index in [0.717, 1.165) is 45.1 Å². The van der Waals surface area contributed by atoms with Crippen molar-refractivity contribution in [1.29, 1.82) is 0 Å². The number of halogens is 1. The molecule has 3 saturated heterocycles. The fourth-order valence-electron chi connectivity index (χ4n) is 4.49. The minimum atomic E-state index is 0. The second-order valence-electron chi connectivity index (χ2n) is 8.96. The Kier molecular flexibility index (Phi) is 6.69. The molecule has 3 heterocycles. The molecule has 6 heteroatoms. The third kappa shape index (κ3) is 3.81. The molecule has 0 aliphatic carbocycles. The zero-order valence-electron chi connectivity index (χ0n) is 16.7. The van der Waals surface area contributed by atoms with Gasteiger partial charge in [-0.15, -0.1) is 24.0 Å². The monoisotopic (exact) mass is 464 g/mol. The summed E-state index contributed by atoms with van der Waals surface area (Å²) in [6.45, 7) is 15.7. The molecule has 3 aliphatic rings. The lowest BCUT2D eigenvalue weighted by Gasteiger charge is -2.62. The Morgan fingerprint density at radius 2 is 1.68 bits per heavy atom. The third-order valence-corrected chi connectivity index (χ3v) is 7.13. The van der Waals surface area contributed by atoms with Gasteiger partial charge in [-0.2, -0.15) is 0 Å². The minimum Gasteiger partial charge on any atom is -0.381 e. The molecule has 0 radical (unpaired) electrons. The molecule has 1 N–H and O–H groups in total. The Morgan fingerprint density at radius 3 is 2.16 bits per heavy atom. The van der Waals surface area contributed by atoms with Crippen molar-refractivity contribution < 1.29 is 4.74 Å². The molecule has 0 spiro atoms. The number of ether oxygens (including phenoxy) is 1. The van der Waals surface area contributed by atoms with E-state index in [1.54, 1.807) is 0 Å². The van der Waals surface area contributed by atoms with Crippen LogP contribution >= 0.6 is 24.0 Å². The first-order valence-corrected chi connectivity index (χ1v) is 9.64. The van der Waals surface area contributed by atoms with E-state index in [9.17, 15) is 0 Å². The van der Waals surface area contributed by atoms with Crippen LogP contribution in [-0.4, -0.2) is 73.3 Å². The van der Waals surface area contributed by atoms with Crippen molar-refractivity contribution >= 4 is 29.9 Å². The van der Waals surface area contributed by atoms with Gasteiger partial charge in [0.15, 0.2) is 5.96 Å². The molecule has 5 nitrogen and oxygen atoms in total. The van der Waals surface area contributed by atoms with Crippen LogP contribution in [0.1, 0.15) is 53.4 Å². The molecular formula is C19H37IN4O. The first-order chi connectivity index (χ1) is 11.3. The molecule has 0 saturated carbocycles. The summed E-state index contributed by atoms with van der Waals surface area (Å²) in [6.07, 6.45) is 4.94. The van der Waals surface area contributed by atoms with Gasteiger partial charge in [-0.3, -0.25) is 9.89 Å². The molecule has 0 atom stereocenters. The highest BCUT2D eigenvalue weighted by molar-refractivity contribution is 14.0.